The number of hydrogen-bond donors (Lipinski definition) is 1. The largest absolute Gasteiger partial charge is 0.481 e. The maximum Gasteiger partial charge on any atom is 0.304 e. The highest BCUT2D eigenvalue weighted by Crippen LogP contribution is 2.51. The van der Waals surface area contributed by atoms with Gasteiger partial charge in [-0.15, -0.1) is 0 Å². The first-order chi connectivity index (χ1) is 15.9. The monoisotopic (exact) mass is 611 g/mol. The second kappa shape index (κ2) is 8.13. The van der Waals surface area contributed by atoms with Crippen LogP contribution in [0.4, 0.5) is 4.39 Å². The Morgan fingerprint density at radius 3 is 2.70 bits per heavy atom. The highest BCUT2D eigenvalue weighted by atomic mass is 35.5. The van der Waals surface area contributed by atoms with Crippen molar-refractivity contribution in [1.82, 2.24) is 4.57 Å². The van der Waals surface area contributed by atoms with E-state index in [0.29, 0.717) is 22.3 Å². The standard InChI is InChI=1S/C25H27ClFNO4S.59H2/c1-12-9-17(26)6-7-18(12)15(4)28-23-16(10-21(29)30)8-13(2)22(23)19-11-20(27)14(3)25(24(19)28)33(5,31)32;;;;;;;;;;;;;;;;;;;;;;;;;;;;;;;;;;;;;;;;;;;;;;;;;;;;;;;;;;;/h6-7,9,11,13,15-16H,8,10H2,1-5H3,(H,29,30);59*1H/t13?,15?,16-;;;;;;;;;;;;;;;;;;;;;;;;;;;;;;;;;;;;;;;;;;;;;;;;;;;;;;;;;;;/m1.........................................................../s1/i/hD. The lowest BCUT2D eigenvalue weighted by Gasteiger charge is -2.25. The van der Waals surface area contributed by atoms with Crippen LogP contribution in [0, 0.1) is 19.7 Å². The van der Waals surface area contributed by atoms with Gasteiger partial charge < -0.3 is 9.68 Å². The van der Waals surface area contributed by atoms with Crippen LogP contribution in [0.3, 0.4) is 0 Å². The van der Waals surface area contributed by atoms with Crippen molar-refractivity contribution >= 4 is 38.3 Å². The van der Waals surface area contributed by atoms with Gasteiger partial charge >= 0.3 is 5.97 Å². The minimum atomic E-state index is -3.79. The Labute approximate surface area is 287 Å². The molecule has 1 aromatic heterocycles. The molecule has 0 spiro atoms. The molecule has 2 unspecified atom stereocenters. The van der Waals surface area contributed by atoms with Crippen LogP contribution in [0.1, 0.15) is 157 Å². The normalized spacial score (nSPS) is 19.4. The Kier molecular flexibility index (Phi) is 5.52. The van der Waals surface area contributed by atoms with Crippen LogP contribution in [-0.4, -0.2) is 30.3 Å². The third-order valence-electron chi connectivity index (χ3n) is 6.88. The van der Waals surface area contributed by atoms with Gasteiger partial charge in [-0.05, 0) is 68.0 Å². The first kappa shape index (κ1) is 22.4. The summed E-state index contributed by atoms with van der Waals surface area (Å²) in [5.74, 6) is -1.57. The number of aromatic nitrogens is 1. The molecule has 3 atom stereocenters. The summed E-state index contributed by atoms with van der Waals surface area (Å²) in [5, 5.41) is 5.34. The summed E-state index contributed by atoms with van der Waals surface area (Å²) in [6, 6.07) is 6.62. The summed E-state index contributed by atoms with van der Waals surface area (Å²) in [5.41, 5.74) is 4.03. The molecule has 5 nitrogen and oxygen atoms in total. The van der Waals surface area contributed by atoms with Crippen molar-refractivity contribution in [1.29, 1.82) is 1.43 Å². The van der Waals surface area contributed by atoms with Crippen molar-refractivity contribution in [2.45, 2.75) is 63.3 Å². The molecule has 33 heavy (non-hydrogen) atoms. The van der Waals surface area contributed by atoms with E-state index in [-0.39, 0.29) is 119 Å². The lowest BCUT2D eigenvalue weighted by molar-refractivity contribution is -0.137. The predicted octanol–water partition coefficient (Wildman–Crippen LogP) is 20.6. The first-order valence-corrected chi connectivity index (χ1v) is 13.1. The molecule has 0 radical (unpaired) electrons. The highest BCUT2D eigenvalue weighted by molar-refractivity contribution is 7.91. The molecule has 0 aliphatic heterocycles. The van der Waals surface area contributed by atoms with Gasteiger partial charge in [-0.2, -0.15) is 0 Å². The van der Waals surface area contributed by atoms with Crippen LogP contribution in [0.25, 0.3) is 12.3 Å². The Balaban J connectivity index is -0.00000000430. The molecule has 1 aliphatic carbocycles. The van der Waals surface area contributed by atoms with E-state index >= 15 is 4.39 Å². The minimum absolute atomic E-state index is 0. The number of aliphatic carboxylic acids is 1. The van der Waals surface area contributed by atoms with Crippen LogP contribution < -0.4 is 0 Å². The Morgan fingerprint density at radius 2 is 2.09 bits per heavy atom. The van der Waals surface area contributed by atoms with Gasteiger partial charge in [0.15, 0.2) is 9.84 Å². The van der Waals surface area contributed by atoms with Gasteiger partial charge in [0.2, 0.25) is 0 Å². The van der Waals surface area contributed by atoms with Gasteiger partial charge in [0.05, 0.1) is 22.9 Å². The summed E-state index contributed by atoms with van der Waals surface area (Å²) in [7, 11) is -3.79. The summed E-state index contributed by atoms with van der Waals surface area (Å²) in [6.07, 6.45) is 1.69. The number of carboxylic acid groups (broad SMARTS) is 1. The van der Waals surface area contributed by atoms with Crippen LogP contribution >= 0.6 is 11.6 Å². The first-order valence-electron chi connectivity index (χ1n) is 11.3. The number of carboxylic acids is 1. The molecule has 294 valence electrons. The Bertz CT molecular complexity index is 1510. The van der Waals surface area contributed by atoms with Crippen LogP contribution in [0.15, 0.2) is 29.2 Å². The zero-order chi connectivity index (χ0) is 25.1. The minimum Gasteiger partial charge on any atom is -0.481 e. The quantitative estimate of drug-likeness (QED) is 0.311. The van der Waals surface area contributed by atoms with E-state index in [4.69, 9.17) is 13.0 Å². The molecule has 0 amide bonds. The van der Waals surface area contributed by atoms with E-state index in [1.54, 1.807) is 6.07 Å². The summed E-state index contributed by atoms with van der Waals surface area (Å²) < 4.78 is 49.9. The molecule has 1 heterocycles. The lowest BCUT2D eigenvalue weighted by atomic mass is 9.97. The van der Waals surface area contributed by atoms with Crippen molar-refractivity contribution in [2.24, 2.45) is 0 Å². The molecule has 0 saturated carbocycles. The molecule has 0 saturated heterocycles. The molecule has 0 bridgehead atoms. The molecule has 1 aliphatic rings. The van der Waals surface area contributed by atoms with E-state index in [2.05, 4.69) is 5.11 Å². The van der Waals surface area contributed by atoms with E-state index < -0.39 is 21.6 Å². The molecule has 8 heteroatoms. The second-order valence-corrected chi connectivity index (χ2v) is 11.6. The molecule has 4 rings (SSSR count). The van der Waals surface area contributed by atoms with Gasteiger partial charge in [-0.1, -0.05) is 24.6 Å². The molecular formula is C25H145ClFNO4S. The van der Waals surface area contributed by atoms with Crippen LogP contribution in [-0.2, 0) is 14.6 Å². The number of halogens is 2. The van der Waals surface area contributed by atoms with E-state index in [1.165, 1.54) is 13.0 Å². The van der Waals surface area contributed by atoms with Crippen molar-refractivity contribution in [3.8, 4) is 0 Å². The van der Waals surface area contributed by atoms with Gasteiger partial charge in [-0.3, -0.25) is 4.79 Å². The fraction of sp³-hybridized carbons (Fsp3) is 0.400. The number of fused-ring (bicyclic) bond motifs is 3. The number of benzene rings is 2. The van der Waals surface area contributed by atoms with Crippen molar-refractivity contribution in [3.63, 3.8) is 0 Å². The second-order valence-electron chi connectivity index (χ2n) is 9.24. The molecule has 2 aromatic carbocycles. The number of carbonyl (C=O) groups is 1. The summed E-state index contributed by atoms with van der Waals surface area (Å²) in [6.45, 7) is 7.36. The highest BCUT2D eigenvalue weighted by Gasteiger charge is 2.39. The van der Waals surface area contributed by atoms with Crippen LogP contribution in [0.2, 0.25) is 5.02 Å². The fourth-order valence-electron chi connectivity index (χ4n) is 5.62. The van der Waals surface area contributed by atoms with Gasteiger partial charge in [0, 0.05) is 118 Å². The van der Waals surface area contributed by atoms with E-state index in [1.807, 2.05) is 37.5 Å². The van der Waals surface area contributed by atoms with E-state index in [9.17, 15) is 13.2 Å². The van der Waals surface area contributed by atoms with Crippen molar-refractivity contribution in [2.75, 3.05) is 6.26 Å². The average Bonchev–Trinajstić information content (AvgIpc) is 3.22. The van der Waals surface area contributed by atoms with Gasteiger partial charge in [-0.25, -0.2) is 12.8 Å². The number of nitrogens with zero attached hydrogens (tertiary/aromatic N) is 1. The van der Waals surface area contributed by atoms with Crippen LogP contribution in [0.5, 0.6) is 0 Å². The van der Waals surface area contributed by atoms with Crippen molar-refractivity contribution in [3.05, 3.63) is 63.1 Å². The van der Waals surface area contributed by atoms with Gasteiger partial charge in [0.1, 0.15) is 5.82 Å². The number of aryl methyl sites for hydroxylation is 1. The molecule has 1 N–H and O–H groups in total. The van der Waals surface area contributed by atoms with Crippen molar-refractivity contribution < 1.29 is 107 Å². The average molecular weight is 612 g/mol. The van der Waals surface area contributed by atoms with E-state index in [0.717, 1.165) is 28.6 Å². The lowest BCUT2D eigenvalue weighted by Crippen LogP contribution is -2.16. The fourth-order valence-corrected chi connectivity index (χ4v) is 7.06. The SMILES string of the molecule is [2H]OC(=O)C[C@H]1CC(C)c2c1n(C(C)c1ccc(Cl)cc1C)c1c(S(C)(=O)=O)c(C)c(F)cc21.[HH].[HH].[HH].[HH].[HH].[HH].[HH].[HH].[HH].[HH].[HH].[HH].[HH].[HH].[HH].[HH].[HH].[HH].[HH].[HH].[HH].[HH].[HH].[HH].[HH].[HH].[HH].[HH].[HH].[HH].[HH].[HH].[HH].[HH].[HH].[HH].[HH].[HH].[HH].[HH].[HH].[HH].[HH].[HH].[HH].[HH].[HH].[HH].[HH].[HH].[HH].[HH].[HH].[HH].[HH].[HH].[HH].[HH].[HH]. The smallest absolute Gasteiger partial charge is 0.304 e. The predicted molar refractivity (Wildman–Crippen MR) is 252 cm³/mol. The zero-order valence-corrected chi connectivity index (χ0v) is 20.8. The number of sulfone groups is 1. The number of hydrogen-bond acceptors (Lipinski definition) is 4. The third kappa shape index (κ3) is 3.85. The Morgan fingerprint density at radius 1 is 1.39 bits per heavy atom. The summed E-state index contributed by atoms with van der Waals surface area (Å²) >= 11 is 6.18. The Hall–Kier alpha value is -2.38. The third-order valence-corrected chi connectivity index (χ3v) is 8.35. The maximum atomic E-state index is 15.1. The molecule has 0 fully saturated rings. The summed E-state index contributed by atoms with van der Waals surface area (Å²) in [4.78, 5) is 12.0. The molecular weight excluding hydrogens is 465 g/mol. The topological polar surface area (TPSA) is 76.4 Å². The maximum absolute atomic E-state index is 15.1. The van der Waals surface area contributed by atoms with Gasteiger partial charge in [0.25, 0.3) is 1.43 Å². The zero-order valence-electron chi connectivity index (χ0n) is 20.2. The molecule has 3 aromatic rings. The number of rotatable bonds is 5.